The van der Waals surface area contributed by atoms with E-state index in [-0.39, 0.29) is 24.5 Å². The van der Waals surface area contributed by atoms with Gasteiger partial charge in [0.25, 0.3) is 5.91 Å². The van der Waals surface area contributed by atoms with E-state index in [9.17, 15) is 9.59 Å². The molecule has 0 heterocycles. The molecule has 3 atom stereocenters. The maximum Gasteiger partial charge on any atom is 0.251 e. The first-order valence-electron chi connectivity index (χ1n) is 9.14. The molecule has 1 aromatic rings. The molecule has 2 rings (SSSR count). The second kappa shape index (κ2) is 8.99. The molecule has 0 aromatic heterocycles. The van der Waals surface area contributed by atoms with Crippen LogP contribution in [0.1, 0.15) is 50.4 Å². The van der Waals surface area contributed by atoms with Crippen LogP contribution in [0.2, 0.25) is 0 Å². The van der Waals surface area contributed by atoms with Crippen molar-refractivity contribution in [3.63, 3.8) is 0 Å². The van der Waals surface area contributed by atoms with Gasteiger partial charge in [-0.05, 0) is 54.9 Å². The van der Waals surface area contributed by atoms with Crippen molar-refractivity contribution in [3.05, 3.63) is 29.8 Å². The zero-order valence-corrected chi connectivity index (χ0v) is 15.7. The number of nitrogens with one attached hydrogen (secondary N) is 2. The van der Waals surface area contributed by atoms with Gasteiger partial charge >= 0.3 is 0 Å². The molecule has 25 heavy (non-hydrogen) atoms. The van der Waals surface area contributed by atoms with Gasteiger partial charge in [-0.15, -0.1) is 0 Å². The fraction of sp³-hybridized carbons (Fsp3) is 0.600. The van der Waals surface area contributed by atoms with Crippen LogP contribution in [0.5, 0.6) is 0 Å². The zero-order valence-electron chi connectivity index (χ0n) is 15.7. The summed E-state index contributed by atoms with van der Waals surface area (Å²) in [6, 6.07) is 6.82. The Morgan fingerprint density at radius 3 is 2.48 bits per heavy atom. The number of amides is 2. The molecular weight excluding hydrogens is 316 g/mol. The number of anilines is 1. The zero-order chi connectivity index (χ0) is 18.4. The molecule has 0 unspecified atom stereocenters. The summed E-state index contributed by atoms with van der Waals surface area (Å²) in [5.74, 6) is 1.44. The van der Waals surface area contributed by atoms with Gasteiger partial charge in [0.2, 0.25) is 5.91 Å². The van der Waals surface area contributed by atoms with E-state index in [2.05, 4.69) is 31.4 Å². The summed E-state index contributed by atoms with van der Waals surface area (Å²) in [5, 5.41) is 5.39. The summed E-state index contributed by atoms with van der Waals surface area (Å²) in [5.41, 5.74) is 1.23. The van der Waals surface area contributed by atoms with Crippen molar-refractivity contribution in [1.29, 1.82) is 0 Å². The maximum atomic E-state index is 12.2. The van der Waals surface area contributed by atoms with Crippen LogP contribution in [0, 0.1) is 17.8 Å². The minimum Gasteiger partial charge on any atom is -0.368 e. The first-order chi connectivity index (χ1) is 11.9. The molecule has 2 N–H and O–H groups in total. The molecule has 1 saturated carbocycles. The molecule has 1 fully saturated rings. The molecule has 5 heteroatoms. The molecule has 0 saturated heterocycles. The lowest BCUT2D eigenvalue weighted by Crippen LogP contribution is -2.36. The third-order valence-corrected chi connectivity index (χ3v) is 5.05. The molecule has 0 spiro atoms. The van der Waals surface area contributed by atoms with Crippen molar-refractivity contribution in [2.75, 3.05) is 19.0 Å². The van der Waals surface area contributed by atoms with Crippen LogP contribution in [-0.2, 0) is 9.53 Å². The molecule has 0 radical (unpaired) electrons. The van der Waals surface area contributed by atoms with Crippen molar-refractivity contribution >= 4 is 17.5 Å². The topological polar surface area (TPSA) is 67.4 Å². The largest absolute Gasteiger partial charge is 0.368 e. The quantitative estimate of drug-likeness (QED) is 0.829. The van der Waals surface area contributed by atoms with Gasteiger partial charge in [0, 0.05) is 18.3 Å². The van der Waals surface area contributed by atoms with E-state index in [0.29, 0.717) is 29.0 Å². The van der Waals surface area contributed by atoms with Crippen LogP contribution in [0.15, 0.2) is 24.3 Å². The van der Waals surface area contributed by atoms with Gasteiger partial charge in [0.05, 0.1) is 6.10 Å². The molecule has 1 aliphatic rings. The predicted octanol–water partition coefficient (Wildman–Crippen LogP) is 3.46. The van der Waals surface area contributed by atoms with Gasteiger partial charge in [0.1, 0.15) is 6.61 Å². The van der Waals surface area contributed by atoms with Crippen LogP contribution in [0.3, 0.4) is 0 Å². The Labute approximate surface area is 150 Å². The third kappa shape index (κ3) is 5.56. The van der Waals surface area contributed by atoms with E-state index in [0.717, 1.165) is 6.42 Å². The standard InChI is InChI=1S/C20H30N2O3/c1-13(2)17-10-5-14(3)11-18(17)25-12-19(23)22-16-8-6-15(7-9-16)20(24)21-4/h6-9,13-14,17-18H,5,10-12H2,1-4H3,(H,21,24)(H,22,23)/t14-,17-,18-/m1/s1. The fourth-order valence-corrected chi connectivity index (χ4v) is 3.54. The van der Waals surface area contributed by atoms with Crippen molar-refractivity contribution in [2.24, 2.45) is 17.8 Å². The second-order valence-electron chi connectivity index (χ2n) is 7.38. The average Bonchev–Trinajstić information content (AvgIpc) is 2.59. The number of benzene rings is 1. The Kier molecular flexibility index (Phi) is 7.00. The van der Waals surface area contributed by atoms with Gasteiger partial charge < -0.3 is 15.4 Å². The molecule has 2 amide bonds. The summed E-state index contributed by atoms with van der Waals surface area (Å²) >= 11 is 0. The molecule has 1 aliphatic carbocycles. The highest BCUT2D eigenvalue weighted by Crippen LogP contribution is 2.35. The van der Waals surface area contributed by atoms with E-state index in [1.165, 1.54) is 12.8 Å². The van der Waals surface area contributed by atoms with E-state index >= 15 is 0 Å². The number of ether oxygens (including phenoxy) is 1. The summed E-state index contributed by atoms with van der Waals surface area (Å²) in [6.45, 7) is 6.77. The Morgan fingerprint density at radius 2 is 1.88 bits per heavy atom. The monoisotopic (exact) mass is 346 g/mol. The second-order valence-corrected chi connectivity index (χ2v) is 7.38. The maximum absolute atomic E-state index is 12.2. The van der Waals surface area contributed by atoms with Crippen molar-refractivity contribution in [1.82, 2.24) is 5.32 Å². The van der Waals surface area contributed by atoms with Gasteiger partial charge in [-0.2, -0.15) is 0 Å². The number of carbonyl (C=O) groups excluding carboxylic acids is 2. The average molecular weight is 346 g/mol. The molecule has 1 aromatic carbocycles. The van der Waals surface area contributed by atoms with Crippen molar-refractivity contribution in [3.8, 4) is 0 Å². The summed E-state index contributed by atoms with van der Waals surface area (Å²) in [6.07, 6.45) is 3.60. The van der Waals surface area contributed by atoms with Crippen LogP contribution in [-0.4, -0.2) is 31.6 Å². The van der Waals surface area contributed by atoms with Crippen molar-refractivity contribution < 1.29 is 14.3 Å². The minimum absolute atomic E-state index is 0.0673. The molecule has 5 nitrogen and oxygen atoms in total. The van der Waals surface area contributed by atoms with E-state index in [1.54, 1.807) is 31.3 Å². The van der Waals surface area contributed by atoms with Crippen LogP contribution >= 0.6 is 0 Å². The lowest BCUT2D eigenvalue weighted by atomic mass is 9.75. The van der Waals surface area contributed by atoms with Gasteiger partial charge in [-0.25, -0.2) is 0 Å². The molecular formula is C20H30N2O3. The molecule has 138 valence electrons. The highest BCUT2D eigenvalue weighted by atomic mass is 16.5. The van der Waals surface area contributed by atoms with Crippen LogP contribution < -0.4 is 10.6 Å². The van der Waals surface area contributed by atoms with E-state index < -0.39 is 0 Å². The summed E-state index contributed by atoms with van der Waals surface area (Å²) in [7, 11) is 1.59. The fourth-order valence-electron chi connectivity index (χ4n) is 3.54. The Morgan fingerprint density at radius 1 is 1.20 bits per heavy atom. The first-order valence-corrected chi connectivity index (χ1v) is 9.14. The minimum atomic E-state index is -0.159. The molecule has 0 bridgehead atoms. The predicted molar refractivity (Wildman–Crippen MR) is 99.5 cm³/mol. The summed E-state index contributed by atoms with van der Waals surface area (Å²) in [4.78, 5) is 23.7. The van der Waals surface area contributed by atoms with E-state index in [1.807, 2.05) is 0 Å². The molecule has 0 aliphatic heterocycles. The van der Waals surface area contributed by atoms with Gasteiger partial charge in [-0.1, -0.05) is 27.2 Å². The first kappa shape index (κ1) is 19.4. The van der Waals surface area contributed by atoms with Crippen LogP contribution in [0.25, 0.3) is 0 Å². The normalized spacial score (nSPS) is 23.3. The third-order valence-electron chi connectivity index (χ3n) is 5.05. The summed E-state index contributed by atoms with van der Waals surface area (Å²) < 4.78 is 5.96. The Balaban J connectivity index is 1.86. The number of carbonyl (C=O) groups is 2. The SMILES string of the molecule is CNC(=O)c1ccc(NC(=O)CO[C@@H]2C[C@H](C)CC[C@@H]2C(C)C)cc1. The number of hydrogen-bond acceptors (Lipinski definition) is 3. The Bertz CT molecular complexity index is 583. The number of hydrogen-bond donors (Lipinski definition) is 2. The lowest BCUT2D eigenvalue weighted by molar-refractivity contribution is -0.126. The van der Waals surface area contributed by atoms with Crippen LogP contribution in [0.4, 0.5) is 5.69 Å². The number of rotatable bonds is 6. The highest BCUT2D eigenvalue weighted by molar-refractivity contribution is 5.95. The lowest BCUT2D eigenvalue weighted by Gasteiger charge is -2.37. The highest BCUT2D eigenvalue weighted by Gasteiger charge is 2.31. The van der Waals surface area contributed by atoms with E-state index in [4.69, 9.17) is 4.74 Å². The van der Waals surface area contributed by atoms with Gasteiger partial charge in [-0.3, -0.25) is 9.59 Å². The van der Waals surface area contributed by atoms with Gasteiger partial charge in [0.15, 0.2) is 0 Å². The Hall–Kier alpha value is -1.88. The smallest absolute Gasteiger partial charge is 0.251 e. The van der Waals surface area contributed by atoms with Crippen molar-refractivity contribution in [2.45, 2.75) is 46.1 Å².